The maximum absolute atomic E-state index is 12.9. The van der Waals surface area contributed by atoms with Gasteiger partial charge in [-0.3, -0.25) is 9.69 Å². The lowest BCUT2D eigenvalue weighted by molar-refractivity contribution is -0.117. The normalized spacial score (nSPS) is 20.1. The van der Waals surface area contributed by atoms with Crippen molar-refractivity contribution >= 4 is 22.6 Å². The van der Waals surface area contributed by atoms with Crippen LogP contribution in [0.15, 0.2) is 48.5 Å². The van der Waals surface area contributed by atoms with E-state index < -0.39 is 0 Å². The van der Waals surface area contributed by atoms with E-state index in [0.29, 0.717) is 13.0 Å². The predicted molar refractivity (Wildman–Crippen MR) is 123 cm³/mol. The van der Waals surface area contributed by atoms with Gasteiger partial charge >= 0.3 is 0 Å². The second-order valence-corrected chi connectivity index (χ2v) is 8.49. The Kier molecular flexibility index (Phi) is 5.74. The molecule has 31 heavy (non-hydrogen) atoms. The maximum atomic E-state index is 12.9. The number of morpholine rings is 1. The van der Waals surface area contributed by atoms with Gasteiger partial charge in [-0.25, -0.2) is 4.98 Å². The van der Waals surface area contributed by atoms with E-state index in [0.717, 1.165) is 68.4 Å². The van der Waals surface area contributed by atoms with Crippen LogP contribution in [0.25, 0.3) is 11.0 Å². The summed E-state index contributed by atoms with van der Waals surface area (Å²) in [6.45, 7) is 8.25. The van der Waals surface area contributed by atoms with Crippen molar-refractivity contribution in [2.24, 2.45) is 0 Å². The van der Waals surface area contributed by atoms with Gasteiger partial charge in [0.25, 0.3) is 0 Å². The summed E-state index contributed by atoms with van der Waals surface area (Å²) < 4.78 is 7.83. The van der Waals surface area contributed by atoms with Gasteiger partial charge in [0.1, 0.15) is 5.82 Å². The number of ether oxygens (including phenoxy) is 1. The Hall–Kier alpha value is -2.70. The van der Waals surface area contributed by atoms with Crippen LogP contribution in [-0.4, -0.2) is 59.8 Å². The molecule has 1 atom stereocenters. The predicted octanol–water partition coefficient (Wildman–Crippen LogP) is 3.45. The van der Waals surface area contributed by atoms with E-state index in [1.165, 1.54) is 5.56 Å². The van der Waals surface area contributed by atoms with Crippen LogP contribution >= 0.6 is 0 Å². The molecule has 162 valence electrons. The van der Waals surface area contributed by atoms with Crippen LogP contribution in [0.3, 0.4) is 0 Å². The molecule has 1 amide bonds. The number of benzene rings is 2. The molecule has 5 rings (SSSR count). The third kappa shape index (κ3) is 4.10. The highest BCUT2D eigenvalue weighted by Gasteiger charge is 2.34. The summed E-state index contributed by atoms with van der Waals surface area (Å²) in [5.74, 6) is 1.33. The molecule has 3 heterocycles. The zero-order valence-electron chi connectivity index (χ0n) is 18.2. The van der Waals surface area contributed by atoms with E-state index >= 15 is 0 Å². The minimum absolute atomic E-state index is 0.107. The number of para-hydroxylation sites is 2. The Balaban J connectivity index is 1.40. The summed E-state index contributed by atoms with van der Waals surface area (Å²) >= 11 is 0. The molecule has 0 N–H and O–H groups in total. The molecule has 0 radical (unpaired) electrons. The largest absolute Gasteiger partial charge is 0.379 e. The SMILES string of the molecule is CCc1ccc(N2C[C@H](c3nc4ccccc4n3CCN3CCOCC3)CC2=O)cc1. The Morgan fingerprint density at radius 2 is 1.81 bits per heavy atom. The molecule has 0 spiro atoms. The molecule has 2 aliphatic rings. The molecule has 0 unspecified atom stereocenters. The molecule has 2 aliphatic heterocycles. The van der Waals surface area contributed by atoms with Crippen LogP contribution in [0.2, 0.25) is 0 Å². The topological polar surface area (TPSA) is 50.6 Å². The lowest BCUT2D eigenvalue weighted by Gasteiger charge is -2.27. The summed E-state index contributed by atoms with van der Waals surface area (Å²) in [5, 5.41) is 0. The zero-order valence-corrected chi connectivity index (χ0v) is 18.2. The van der Waals surface area contributed by atoms with Crippen LogP contribution in [-0.2, 0) is 22.5 Å². The zero-order chi connectivity index (χ0) is 21.2. The van der Waals surface area contributed by atoms with Crippen molar-refractivity contribution in [3.8, 4) is 0 Å². The molecule has 3 aromatic rings. The maximum Gasteiger partial charge on any atom is 0.227 e. The number of nitrogens with zero attached hydrogens (tertiary/aromatic N) is 4. The number of aromatic nitrogens is 2. The Morgan fingerprint density at radius 1 is 1.03 bits per heavy atom. The summed E-state index contributed by atoms with van der Waals surface area (Å²) in [4.78, 5) is 22.3. The van der Waals surface area contributed by atoms with Crippen LogP contribution in [0.1, 0.15) is 30.7 Å². The van der Waals surface area contributed by atoms with Crippen molar-refractivity contribution in [3.63, 3.8) is 0 Å². The van der Waals surface area contributed by atoms with Crippen molar-refractivity contribution in [2.45, 2.75) is 32.2 Å². The van der Waals surface area contributed by atoms with Gasteiger partial charge in [-0.1, -0.05) is 31.2 Å². The number of anilines is 1. The van der Waals surface area contributed by atoms with Gasteiger partial charge in [-0.2, -0.15) is 0 Å². The monoisotopic (exact) mass is 418 g/mol. The average Bonchev–Trinajstić information content (AvgIpc) is 3.39. The van der Waals surface area contributed by atoms with Gasteiger partial charge in [0.2, 0.25) is 5.91 Å². The second kappa shape index (κ2) is 8.81. The summed E-state index contributed by atoms with van der Waals surface area (Å²) in [5.41, 5.74) is 4.44. The lowest BCUT2D eigenvalue weighted by Crippen LogP contribution is -2.38. The molecule has 2 fully saturated rings. The molecular formula is C25H30N4O2. The Bertz CT molecular complexity index is 1050. The number of amides is 1. The minimum Gasteiger partial charge on any atom is -0.379 e. The van der Waals surface area contributed by atoms with Gasteiger partial charge in [0.15, 0.2) is 0 Å². The number of carbonyl (C=O) groups is 1. The first-order chi connectivity index (χ1) is 15.2. The number of rotatable bonds is 6. The van der Waals surface area contributed by atoms with Crippen LogP contribution in [0.5, 0.6) is 0 Å². The van der Waals surface area contributed by atoms with E-state index in [2.05, 4.69) is 58.9 Å². The fourth-order valence-corrected chi connectivity index (χ4v) is 4.75. The molecule has 1 aromatic heterocycles. The first-order valence-electron chi connectivity index (χ1n) is 11.4. The highest BCUT2D eigenvalue weighted by Crippen LogP contribution is 2.33. The molecule has 6 heteroatoms. The highest BCUT2D eigenvalue weighted by molar-refractivity contribution is 5.96. The number of hydrogen-bond acceptors (Lipinski definition) is 4. The van der Waals surface area contributed by atoms with E-state index in [1.807, 2.05) is 11.0 Å². The number of hydrogen-bond donors (Lipinski definition) is 0. The van der Waals surface area contributed by atoms with Gasteiger partial charge < -0.3 is 14.2 Å². The van der Waals surface area contributed by atoms with Crippen molar-refractivity contribution in [1.29, 1.82) is 0 Å². The summed E-state index contributed by atoms with van der Waals surface area (Å²) in [6, 6.07) is 16.7. The van der Waals surface area contributed by atoms with Crippen molar-refractivity contribution in [2.75, 3.05) is 44.3 Å². The first-order valence-corrected chi connectivity index (χ1v) is 11.4. The first kappa shape index (κ1) is 20.2. The lowest BCUT2D eigenvalue weighted by atomic mass is 10.1. The van der Waals surface area contributed by atoms with Crippen LogP contribution in [0, 0.1) is 0 Å². The summed E-state index contributed by atoms with van der Waals surface area (Å²) in [7, 11) is 0. The fourth-order valence-electron chi connectivity index (χ4n) is 4.75. The number of carbonyl (C=O) groups excluding carboxylic acids is 1. The standard InChI is InChI=1S/C25H30N4O2/c1-2-19-7-9-21(10-8-19)29-18-20(17-24(29)30)25-26-22-5-3-4-6-23(22)28(25)12-11-27-13-15-31-16-14-27/h3-10,20H,2,11-18H2,1H3/t20-/m1/s1. The van der Waals surface area contributed by atoms with E-state index in [4.69, 9.17) is 9.72 Å². The third-order valence-corrected chi connectivity index (χ3v) is 6.57. The average molecular weight is 419 g/mol. The van der Waals surface area contributed by atoms with Crippen molar-refractivity contribution in [3.05, 3.63) is 59.9 Å². The molecule has 0 aliphatic carbocycles. The third-order valence-electron chi connectivity index (χ3n) is 6.57. The van der Waals surface area contributed by atoms with Crippen molar-refractivity contribution in [1.82, 2.24) is 14.5 Å². The Morgan fingerprint density at radius 3 is 2.58 bits per heavy atom. The number of fused-ring (bicyclic) bond motifs is 1. The molecule has 2 saturated heterocycles. The minimum atomic E-state index is 0.107. The second-order valence-electron chi connectivity index (χ2n) is 8.49. The van der Waals surface area contributed by atoms with Crippen molar-refractivity contribution < 1.29 is 9.53 Å². The molecule has 2 aromatic carbocycles. The molecular weight excluding hydrogens is 388 g/mol. The highest BCUT2D eigenvalue weighted by atomic mass is 16.5. The molecule has 0 saturated carbocycles. The van der Waals surface area contributed by atoms with Gasteiger partial charge in [0.05, 0.1) is 24.2 Å². The fraction of sp³-hybridized carbons (Fsp3) is 0.440. The van der Waals surface area contributed by atoms with Gasteiger partial charge in [0, 0.05) is 50.7 Å². The van der Waals surface area contributed by atoms with Gasteiger partial charge in [-0.05, 0) is 36.2 Å². The Labute approximate surface area is 183 Å². The smallest absolute Gasteiger partial charge is 0.227 e. The van der Waals surface area contributed by atoms with E-state index in [9.17, 15) is 4.79 Å². The number of imidazole rings is 1. The molecule has 0 bridgehead atoms. The van der Waals surface area contributed by atoms with E-state index in [-0.39, 0.29) is 11.8 Å². The van der Waals surface area contributed by atoms with Crippen LogP contribution < -0.4 is 4.90 Å². The van der Waals surface area contributed by atoms with Gasteiger partial charge in [-0.15, -0.1) is 0 Å². The van der Waals surface area contributed by atoms with E-state index in [1.54, 1.807) is 0 Å². The summed E-state index contributed by atoms with van der Waals surface area (Å²) in [6.07, 6.45) is 1.51. The number of aryl methyl sites for hydroxylation is 1. The van der Waals surface area contributed by atoms with Crippen LogP contribution in [0.4, 0.5) is 5.69 Å². The quantitative estimate of drug-likeness (QED) is 0.615. The molecule has 6 nitrogen and oxygen atoms in total.